The number of aryl methyl sites for hydroxylation is 2. The number of aromatic nitrogens is 2. The quantitative estimate of drug-likeness (QED) is 0.640. The molecule has 3 nitrogen and oxygen atoms in total. The van der Waals surface area contributed by atoms with Crippen molar-refractivity contribution in [3.63, 3.8) is 0 Å². The summed E-state index contributed by atoms with van der Waals surface area (Å²) in [7, 11) is 1.67. The van der Waals surface area contributed by atoms with E-state index in [0.29, 0.717) is 0 Å². The van der Waals surface area contributed by atoms with Crippen LogP contribution in [0.25, 0.3) is 11.0 Å². The van der Waals surface area contributed by atoms with Crippen molar-refractivity contribution in [2.24, 2.45) is 0 Å². The van der Waals surface area contributed by atoms with E-state index in [4.69, 9.17) is 21.3 Å². The fourth-order valence-electron chi connectivity index (χ4n) is 2.52. The Kier molecular flexibility index (Phi) is 4.17. The number of fused-ring (bicyclic) bond motifs is 1. The van der Waals surface area contributed by atoms with Crippen LogP contribution in [0, 0.1) is 0 Å². The molecule has 1 aromatic carbocycles. The Balaban J connectivity index is 2.03. The first-order chi connectivity index (χ1) is 10.2. The van der Waals surface area contributed by atoms with Crippen LogP contribution in [0.2, 0.25) is 0 Å². The highest BCUT2D eigenvalue weighted by Gasteiger charge is 2.17. The van der Waals surface area contributed by atoms with Crippen LogP contribution in [-0.4, -0.2) is 16.7 Å². The third-order valence-electron chi connectivity index (χ3n) is 3.55. The van der Waals surface area contributed by atoms with Gasteiger partial charge in [-0.1, -0.05) is 6.07 Å². The Morgan fingerprint density at radius 3 is 2.90 bits per heavy atom. The molecule has 1 unspecified atom stereocenters. The van der Waals surface area contributed by atoms with Gasteiger partial charge in [0.1, 0.15) is 17.1 Å². The Labute approximate surface area is 133 Å². The molecule has 0 saturated heterocycles. The molecule has 2 heterocycles. The number of thiophene rings is 1. The molecule has 0 bridgehead atoms. The second kappa shape index (κ2) is 6.08. The number of para-hydroxylation sites is 1. The summed E-state index contributed by atoms with van der Waals surface area (Å²) in [5.74, 6) is 1.69. The van der Waals surface area contributed by atoms with Gasteiger partial charge in [0, 0.05) is 6.54 Å². The summed E-state index contributed by atoms with van der Waals surface area (Å²) in [4.78, 5) is 4.69. The molecular weight excluding hydrogens is 304 g/mol. The minimum atomic E-state index is -0.135. The zero-order chi connectivity index (χ0) is 14.8. The van der Waals surface area contributed by atoms with Crippen molar-refractivity contribution in [3.8, 4) is 5.75 Å². The highest BCUT2D eigenvalue weighted by Crippen LogP contribution is 2.30. The lowest BCUT2D eigenvalue weighted by Gasteiger charge is -2.10. The summed E-state index contributed by atoms with van der Waals surface area (Å²) >= 11 is 8.04. The van der Waals surface area contributed by atoms with E-state index in [9.17, 15) is 0 Å². The van der Waals surface area contributed by atoms with E-state index in [-0.39, 0.29) is 5.38 Å². The Hall–Kier alpha value is -1.52. The first-order valence-corrected chi connectivity index (χ1v) is 8.27. The molecule has 0 saturated carbocycles. The maximum Gasteiger partial charge on any atom is 0.146 e. The molecule has 0 aliphatic heterocycles. The van der Waals surface area contributed by atoms with E-state index in [2.05, 4.69) is 27.5 Å². The van der Waals surface area contributed by atoms with Gasteiger partial charge in [-0.3, -0.25) is 0 Å². The molecule has 2 aromatic heterocycles. The summed E-state index contributed by atoms with van der Waals surface area (Å²) in [6, 6.07) is 8.16. The third-order valence-corrected chi connectivity index (χ3v) is 4.48. The van der Waals surface area contributed by atoms with Gasteiger partial charge in [-0.25, -0.2) is 4.98 Å². The summed E-state index contributed by atoms with van der Waals surface area (Å²) in [6.07, 6.45) is 0.975. The topological polar surface area (TPSA) is 27.1 Å². The average Bonchev–Trinajstić information content (AvgIpc) is 3.11. The van der Waals surface area contributed by atoms with Crippen LogP contribution in [0.5, 0.6) is 5.75 Å². The second-order valence-electron chi connectivity index (χ2n) is 4.95. The number of rotatable bonds is 5. The van der Waals surface area contributed by atoms with Crippen LogP contribution < -0.4 is 4.74 Å². The van der Waals surface area contributed by atoms with Crippen molar-refractivity contribution < 1.29 is 4.74 Å². The van der Waals surface area contributed by atoms with Gasteiger partial charge in [-0.05, 0) is 47.9 Å². The van der Waals surface area contributed by atoms with Gasteiger partial charge in [0.15, 0.2) is 0 Å². The summed E-state index contributed by atoms with van der Waals surface area (Å²) < 4.78 is 7.61. The van der Waals surface area contributed by atoms with Crippen LogP contribution in [0.1, 0.15) is 23.7 Å². The van der Waals surface area contributed by atoms with Crippen LogP contribution in [0.15, 0.2) is 35.0 Å². The molecule has 0 spiro atoms. The van der Waals surface area contributed by atoms with Gasteiger partial charge < -0.3 is 9.30 Å². The Morgan fingerprint density at radius 1 is 1.38 bits per heavy atom. The Morgan fingerprint density at radius 2 is 2.24 bits per heavy atom. The first-order valence-electron chi connectivity index (χ1n) is 6.89. The monoisotopic (exact) mass is 320 g/mol. The molecule has 0 N–H and O–H groups in total. The van der Waals surface area contributed by atoms with Crippen LogP contribution >= 0.6 is 22.9 Å². The molecular formula is C16H17ClN2OS. The number of nitrogens with zero attached hydrogens (tertiary/aromatic N) is 2. The number of hydrogen-bond donors (Lipinski definition) is 0. The predicted molar refractivity (Wildman–Crippen MR) is 88.6 cm³/mol. The SMILES string of the molecule is COc1cccc2c1nc(C(C)Cl)n2CCc1ccsc1. The zero-order valence-corrected chi connectivity index (χ0v) is 13.6. The number of alkyl halides is 1. The molecule has 21 heavy (non-hydrogen) atoms. The molecule has 0 aliphatic rings. The molecule has 3 aromatic rings. The van der Waals surface area contributed by atoms with Crippen molar-refractivity contribution in [3.05, 3.63) is 46.4 Å². The van der Waals surface area contributed by atoms with Gasteiger partial charge in [0.05, 0.1) is 18.0 Å². The lowest BCUT2D eigenvalue weighted by molar-refractivity contribution is 0.419. The normalized spacial score (nSPS) is 12.7. The predicted octanol–water partition coefficient (Wildman–Crippen LogP) is 4.65. The number of methoxy groups -OCH3 is 1. The van der Waals surface area contributed by atoms with E-state index in [1.807, 2.05) is 19.1 Å². The highest BCUT2D eigenvalue weighted by molar-refractivity contribution is 7.07. The molecule has 0 radical (unpaired) electrons. The second-order valence-corrected chi connectivity index (χ2v) is 6.38. The maximum atomic E-state index is 6.31. The first kappa shape index (κ1) is 14.4. The largest absolute Gasteiger partial charge is 0.494 e. The van der Waals surface area contributed by atoms with Crippen LogP contribution in [-0.2, 0) is 13.0 Å². The minimum absolute atomic E-state index is 0.135. The summed E-state index contributed by atoms with van der Waals surface area (Å²) in [6.45, 7) is 2.82. The maximum absolute atomic E-state index is 6.31. The van der Waals surface area contributed by atoms with Crippen molar-refractivity contribution in [1.29, 1.82) is 0 Å². The molecule has 5 heteroatoms. The van der Waals surface area contributed by atoms with E-state index >= 15 is 0 Å². The smallest absolute Gasteiger partial charge is 0.146 e. The van der Waals surface area contributed by atoms with Crippen molar-refractivity contribution in [2.45, 2.75) is 25.3 Å². The third kappa shape index (κ3) is 2.78. The van der Waals surface area contributed by atoms with Crippen molar-refractivity contribution in [2.75, 3.05) is 7.11 Å². The van der Waals surface area contributed by atoms with E-state index in [0.717, 1.165) is 35.6 Å². The standard InChI is InChI=1S/C16H17ClN2OS/c1-11(17)16-18-15-13(4-3-5-14(15)20-2)19(16)8-6-12-7-9-21-10-12/h3-5,7,9-11H,6,8H2,1-2H3. The van der Waals surface area contributed by atoms with Gasteiger partial charge >= 0.3 is 0 Å². The zero-order valence-electron chi connectivity index (χ0n) is 12.0. The number of imidazole rings is 1. The summed E-state index contributed by atoms with van der Waals surface area (Å²) in [5.41, 5.74) is 3.30. The lowest BCUT2D eigenvalue weighted by Crippen LogP contribution is -2.06. The molecule has 1 atom stereocenters. The van der Waals surface area contributed by atoms with Gasteiger partial charge in [-0.2, -0.15) is 11.3 Å². The van der Waals surface area contributed by atoms with Gasteiger partial charge in [0.25, 0.3) is 0 Å². The number of ether oxygens (including phenoxy) is 1. The fourth-order valence-corrected chi connectivity index (χ4v) is 3.39. The summed E-state index contributed by atoms with van der Waals surface area (Å²) in [5, 5.41) is 4.16. The van der Waals surface area contributed by atoms with Crippen LogP contribution in [0.4, 0.5) is 0 Å². The molecule has 0 fully saturated rings. The number of halogens is 1. The minimum Gasteiger partial charge on any atom is -0.494 e. The highest BCUT2D eigenvalue weighted by atomic mass is 35.5. The van der Waals surface area contributed by atoms with E-state index < -0.39 is 0 Å². The average molecular weight is 321 g/mol. The van der Waals surface area contributed by atoms with E-state index in [1.165, 1.54) is 5.56 Å². The van der Waals surface area contributed by atoms with Crippen molar-refractivity contribution in [1.82, 2.24) is 9.55 Å². The van der Waals surface area contributed by atoms with Gasteiger partial charge in [0.2, 0.25) is 0 Å². The van der Waals surface area contributed by atoms with E-state index in [1.54, 1.807) is 18.4 Å². The molecule has 0 amide bonds. The molecule has 110 valence electrons. The molecule has 3 rings (SSSR count). The fraction of sp³-hybridized carbons (Fsp3) is 0.312. The van der Waals surface area contributed by atoms with Gasteiger partial charge in [-0.15, -0.1) is 11.6 Å². The van der Waals surface area contributed by atoms with Crippen LogP contribution in [0.3, 0.4) is 0 Å². The van der Waals surface area contributed by atoms with Crippen molar-refractivity contribution >= 4 is 34.0 Å². The Bertz CT molecular complexity index is 734. The molecule has 0 aliphatic carbocycles. The number of hydrogen-bond acceptors (Lipinski definition) is 3. The lowest BCUT2D eigenvalue weighted by atomic mass is 10.2. The number of benzene rings is 1.